The monoisotopic (exact) mass is 482 g/mol. The highest BCUT2D eigenvalue weighted by Crippen LogP contribution is 2.31. The summed E-state index contributed by atoms with van der Waals surface area (Å²) < 4.78 is 5.74. The standard InChI is InChI=1S/C24H36Cl2N4O2/c25-21-13-20(14-22(26)24(21)27)23(31)17-28-10-6-2-4-8-12-32-11-7-3-1-5-9-19-15-29-18-30-16-19/h13-16,18,23,28,31H,1-12,17,27H2. The van der Waals surface area contributed by atoms with Crippen LogP contribution in [-0.2, 0) is 11.2 Å². The zero-order valence-corrected chi connectivity index (χ0v) is 20.3. The first-order chi connectivity index (χ1) is 15.6. The lowest BCUT2D eigenvalue weighted by atomic mass is 10.1. The first kappa shape index (κ1) is 26.8. The van der Waals surface area contributed by atoms with Crippen molar-refractivity contribution in [3.8, 4) is 0 Å². The van der Waals surface area contributed by atoms with E-state index >= 15 is 0 Å². The molecule has 0 saturated heterocycles. The first-order valence-electron chi connectivity index (χ1n) is 11.5. The minimum Gasteiger partial charge on any atom is -0.396 e. The SMILES string of the molecule is Nc1c(Cl)cc(C(O)CNCCCCCCOCCCCCCc2cncnc2)cc1Cl. The van der Waals surface area contributed by atoms with Gasteiger partial charge in [0.05, 0.1) is 21.8 Å². The van der Waals surface area contributed by atoms with Crippen LogP contribution >= 0.6 is 23.2 Å². The predicted octanol–water partition coefficient (Wildman–Crippen LogP) is 5.37. The third kappa shape index (κ3) is 10.9. The number of rotatable bonds is 17. The van der Waals surface area contributed by atoms with E-state index in [0.29, 0.717) is 27.8 Å². The van der Waals surface area contributed by atoms with Gasteiger partial charge in [-0.15, -0.1) is 0 Å². The van der Waals surface area contributed by atoms with E-state index in [-0.39, 0.29) is 0 Å². The van der Waals surface area contributed by atoms with Gasteiger partial charge in [-0.3, -0.25) is 0 Å². The lowest BCUT2D eigenvalue weighted by molar-refractivity contribution is 0.125. The Morgan fingerprint density at radius 3 is 2.16 bits per heavy atom. The summed E-state index contributed by atoms with van der Waals surface area (Å²) in [5.74, 6) is 0. The fourth-order valence-electron chi connectivity index (χ4n) is 3.41. The maximum Gasteiger partial charge on any atom is 0.115 e. The molecule has 0 saturated carbocycles. The second-order valence-electron chi connectivity index (χ2n) is 8.06. The summed E-state index contributed by atoms with van der Waals surface area (Å²) in [4.78, 5) is 8.08. The van der Waals surface area contributed by atoms with Gasteiger partial charge in [-0.05, 0) is 61.9 Å². The summed E-state index contributed by atoms with van der Waals surface area (Å²) in [6, 6.07) is 3.32. The van der Waals surface area contributed by atoms with Gasteiger partial charge in [-0.2, -0.15) is 0 Å². The fourth-order valence-corrected chi connectivity index (χ4v) is 3.91. The molecule has 4 N–H and O–H groups in total. The molecule has 0 spiro atoms. The molecule has 178 valence electrons. The molecule has 0 fully saturated rings. The van der Waals surface area contributed by atoms with Gasteiger partial charge in [-0.1, -0.05) is 48.9 Å². The van der Waals surface area contributed by atoms with Gasteiger partial charge in [-0.25, -0.2) is 9.97 Å². The first-order valence-corrected chi connectivity index (χ1v) is 12.3. The minimum absolute atomic E-state index is 0.343. The minimum atomic E-state index is -0.661. The third-order valence-corrected chi connectivity index (χ3v) is 5.96. The van der Waals surface area contributed by atoms with Crippen LogP contribution in [0.1, 0.15) is 68.6 Å². The lowest BCUT2D eigenvalue weighted by Gasteiger charge is -2.14. The van der Waals surface area contributed by atoms with Crippen LogP contribution in [0.3, 0.4) is 0 Å². The molecule has 0 aliphatic carbocycles. The van der Waals surface area contributed by atoms with Gasteiger partial charge in [0.15, 0.2) is 0 Å². The number of nitrogens with two attached hydrogens (primary N) is 1. The van der Waals surface area contributed by atoms with Crippen molar-refractivity contribution < 1.29 is 9.84 Å². The number of hydrogen-bond donors (Lipinski definition) is 3. The Hall–Kier alpha value is -1.44. The number of nitrogen functional groups attached to an aromatic ring is 1. The molecule has 1 heterocycles. The zero-order valence-electron chi connectivity index (χ0n) is 18.7. The largest absolute Gasteiger partial charge is 0.396 e. The van der Waals surface area contributed by atoms with E-state index in [1.54, 1.807) is 18.5 Å². The summed E-state index contributed by atoms with van der Waals surface area (Å²) in [5.41, 5.74) is 7.96. The molecule has 0 bridgehead atoms. The Morgan fingerprint density at radius 1 is 0.906 bits per heavy atom. The van der Waals surface area contributed by atoms with Crippen molar-refractivity contribution in [3.05, 3.63) is 52.0 Å². The Labute approximate surface area is 201 Å². The van der Waals surface area contributed by atoms with Crippen LogP contribution < -0.4 is 11.1 Å². The number of aliphatic hydroxyl groups is 1. The summed E-state index contributed by atoms with van der Waals surface area (Å²) in [7, 11) is 0. The van der Waals surface area contributed by atoms with E-state index in [2.05, 4.69) is 15.3 Å². The molecule has 1 aromatic carbocycles. The van der Waals surface area contributed by atoms with E-state index in [9.17, 15) is 5.11 Å². The Morgan fingerprint density at radius 2 is 1.50 bits per heavy atom. The summed E-state index contributed by atoms with van der Waals surface area (Å²) in [6.07, 6.45) is 15.0. The van der Waals surface area contributed by atoms with Crippen molar-refractivity contribution in [3.63, 3.8) is 0 Å². The summed E-state index contributed by atoms with van der Waals surface area (Å²) >= 11 is 12.0. The maximum absolute atomic E-state index is 10.3. The number of ether oxygens (including phenoxy) is 1. The molecule has 6 nitrogen and oxygen atoms in total. The number of aromatic nitrogens is 2. The number of aliphatic hydroxyl groups excluding tert-OH is 1. The van der Waals surface area contributed by atoms with Gasteiger partial charge in [0, 0.05) is 32.2 Å². The number of benzene rings is 1. The van der Waals surface area contributed by atoms with Gasteiger partial charge in [0.25, 0.3) is 0 Å². The maximum atomic E-state index is 10.3. The second-order valence-corrected chi connectivity index (χ2v) is 8.87. The molecule has 32 heavy (non-hydrogen) atoms. The van der Waals surface area contributed by atoms with Crippen LogP contribution in [0.5, 0.6) is 0 Å². The quantitative estimate of drug-likeness (QED) is 0.207. The molecule has 1 atom stereocenters. The van der Waals surface area contributed by atoms with Crippen LogP contribution in [0, 0.1) is 0 Å². The van der Waals surface area contributed by atoms with Crippen molar-refractivity contribution in [2.45, 2.75) is 63.9 Å². The third-order valence-electron chi connectivity index (χ3n) is 5.33. The van der Waals surface area contributed by atoms with Crippen LogP contribution in [-0.4, -0.2) is 41.4 Å². The molecular formula is C24H36Cl2N4O2. The Balaban J connectivity index is 1.35. The molecule has 1 unspecified atom stereocenters. The normalized spacial score (nSPS) is 12.2. The number of aryl methyl sites for hydroxylation is 1. The van der Waals surface area contributed by atoms with Gasteiger partial charge in [0.2, 0.25) is 0 Å². The molecule has 0 radical (unpaired) electrons. The smallest absolute Gasteiger partial charge is 0.115 e. The highest BCUT2D eigenvalue weighted by atomic mass is 35.5. The van der Waals surface area contributed by atoms with Gasteiger partial charge < -0.3 is 20.9 Å². The average Bonchev–Trinajstić information content (AvgIpc) is 2.80. The number of hydrogen-bond acceptors (Lipinski definition) is 6. The topological polar surface area (TPSA) is 93.3 Å². The molecule has 2 rings (SSSR count). The fraction of sp³-hybridized carbons (Fsp3) is 0.583. The molecular weight excluding hydrogens is 447 g/mol. The predicted molar refractivity (Wildman–Crippen MR) is 132 cm³/mol. The van der Waals surface area contributed by atoms with E-state index in [4.69, 9.17) is 33.7 Å². The van der Waals surface area contributed by atoms with Crippen molar-refractivity contribution in [2.24, 2.45) is 0 Å². The van der Waals surface area contributed by atoms with Gasteiger partial charge in [0.1, 0.15) is 6.33 Å². The van der Waals surface area contributed by atoms with Crippen molar-refractivity contribution in [1.82, 2.24) is 15.3 Å². The molecule has 0 amide bonds. The van der Waals surface area contributed by atoms with Crippen LogP contribution in [0.4, 0.5) is 5.69 Å². The summed E-state index contributed by atoms with van der Waals surface area (Å²) in [5, 5.41) is 14.3. The number of nitrogens with one attached hydrogen (secondary N) is 1. The van der Waals surface area contributed by atoms with E-state index in [0.717, 1.165) is 58.3 Å². The Bertz CT molecular complexity index is 742. The van der Waals surface area contributed by atoms with Crippen LogP contribution in [0.15, 0.2) is 30.9 Å². The molecule has 0 aliphatic heterocycles. The van der Waals surface area contributed by atoms with Crippen LogP contribution in [0.2, 0.25) is 10.0 Å². The Kier molecular flexibility index (Phi) is 13.6. The average molecular weight is 483 g/mol. The van der Waals surface area contributed by atoms with Crippen molar-refractivity contribution in [2.75, 3.05) is 32.0 Å². The van der Waals surface area contributed by atoms with Gasteiger partial charge >= 0.3 is 0 Å². The number of unbranched alkanes of at least 4 members (excludes halogenated alkanes) is 6. The van der Waals surface area contributed by atoms with E-state index in [1.165, 1.54) is 24.8 Å². The zero-order chi connectivity index (χ0) is 23.0. The molecule has 2 aromatic rings. The molecule has 8 heteroatoms. The van der Waals surface area contributed by atoms with E-state index in [1.807, 2.05) is 12.4 Å². The van der Waals surface area contributed by atoms with Crippen molar-refractivity contribution in [1.29, 1.82) is 0 Å². The molecule has 1 aromatic heterocycles. The number of nitrogens with zero attached hydrogens (tertiary/aromatic N) is 2. The lowest BCUT2D eigenvalue weighted by Crippen LogP contribution is -2.22. The van der Waals surface area contributed by atoms with Crippen molar-refractivity contribution >= 4 is 28.9 Å². The number of anilines is 1. The highest BCUT2D eigenvalue weighted by molar-refractivity contribution is 6.38. The highest BCUT2D eigenvalue weighted by Gasteiger charge is 2.11. The molecule has 0 aliphatic rings. The number of halogens is 2. The van der Waals surface area contributed by atoms with E-state index < -0.39 is 6.10 Å². The second kappa shape index (κ2) is 16.2. The summed E-state index contributed by atoms with van der Waals surface area (Å²) in [6.45, 7) is 3.02. The van der Waals surface area contributed by atoms with Crippen LogP contribution in [0.25, 0.3) is 0 Å².